The van der Waals surface area contributed by atoms with Gasteiger partial charge in [-0.2, -0.15) is 0 Å². The van der Waals surface area contributed by atoms with Crippen LogP contribution < -0.4 is 10.1 Å². The van der Waals surface area contributed by atoms with Gasteiger partial charge in [0.1, 0.15) is 10.8 Å². The molecular weight excluding hydrogens is 358 g/mol. The van der Waals surface area contributed by atoms with E-state index in [-0.39, 0.29) is 11.9 Å². The van der Waals surface area contributed by atoms with Crippen LogP contribution in [0.1, 0.15) is 29.5 Å². The van der Waals surface area contributed by atoms with Crippen molar-refractivity contribution in [2.24, 2.45) is 0 Å². The van der Waals surface area contributed by atoms with Crippen molar-refractivity contribution < 1.29 is 9.53 Å². The maximum atomic E-state index is 12.4. The fraction of sp³-hybridized carbons (Fsp3) is 0.333. The van der Waals surface area contributed by atoms with Crippen LogP contribution in [-0.4, -0.2) is 36.0 Å². The lowest BCUT2D eigenvalue weighted by Crippen LogP contribution is -2.36. The normalized spacial score (nSPS) is 17.3. The third kappa shape index (κ3) is 4.12. The zero-order valence-electron chi connectivity index (χ0n) is 15.4. The lowest BCUT2D eigenvalue weighted by atomic mass is 10.2. The molecule has 1 fully saturated rings. The second-order valence-electron chi connectivity index (χ2n) is 6.77. The van der Waals surface area contributed by atoms with Crippen molar-refractivity contribution in [3.05, 3.63) is 59.1 Å². The van der Waals surface area contributed by atoms with E-state index in [1.807, 2.05) is 36.4 Å². The Balaban J connectivity index is 1.36. The Kier molecular flexibility index (Phi) is 5.36. The van der Waals surface area contributed by atoms with Gasteiger partial charge in [0.25, 0.3) is 0 Å². The Morgan fingerprint density at radius 2 is 2.07 bits per heavy atom. The quantitative estimate of drug-likeness (QED) is 0.706. The topological polar surface area (TPSA) is 54.5 Å². The third-order valence-corrected chi connectivity index (χ3v) is 6.09. The average molecular weight is 382 g/mol. The summed E-state index contributed by atoms with van der Waals surface area (Å²) in [4.78, 5) is 19.5. The summed E-state index contributed by atoms with van der Waals surface area (Å²) in [6.45, 7) is 1.88. The summed E-state index contributed by atoms with van der Waals surface area (Å²) < 4.78 is 6.37. The highest BCUT2D eigenvalue weighted by atomic mass is 32.1. The van der Waals surface area contributed by atoms with Crippen molar-refractivity contribution in [3.63, 3.8) is 0 Å². The van der Waals surface area contributed by atoms with Crippen molar-refractivity contribution in [2.75, 3.05) is 20.2 Å². The predicted molar refractivity (Wildman–Crippen MR) is 108 cm³/mol. The first-order valence-corrected chi connectivity index (χ1v) is 10.0. The minimum atomic E-state index is 0.0545. The molecule has 4 rings (SSSR count). The molecule has 140 valence electrons. The Morgan fingerprint density at radius 1 is 1.26 bits per heavy atom. The van der Waals surface area contributed by atoms with Gasteiger partial charge in [-0.05, 0) is 49.2 Å². The molecule has 1 unspecified atom stereocenters. The molecule has 1 aromatic heterocycles. The number of thiazole rings is 1. The molecule has 1 atom stereocenters. The van der Waals surface area contributed by atoms with Gasteiger partial charge >= 0.3 is 0 Å². The van der Waals surface area contributed by atoms with Gasteiger partial charge < -0.3 is 10.1 Å². The lowest BCUT2D eigenvalue weighted by molar-refractivity contribution is -0.122. The monoisotopic (exact) mass is 381 g/mol. The fourth-order valence-electron chi connectivity index (χ4n) is 3.51. The van der Waals surface area contributed by atoms with Gasteiger partial charge in [0, 0.05) is 6.54 Å². The number of hydrogen-bond acceptors (Lipinski definition) is 5. The van der Waals surface area contributed by atoms with E-state index < -0.39 is 0 Å². The maximum Gasteiger partial charge on any atom is 0.234 e. The minimum absolute atomic E-state index is 0.0545. The van der Waals surface area contributed by atoms with E-state index in [0.29, 0.717) is 13.1 Å². The third-order valence-electron chi connectivity index (χ3n) is 4.95. The molecule has 1 saturated heterocycles. The summed E-state index contributed by atoms with van der Waals surface area (Å²) in [5.74, 6) is 0.875. The summed E-state index contributed by atoms with van der Waals surface area (Å²) in [7, 11) is 1.65. The number of nitrogens with zero attached hydrogens (tertiary/aromatic N) is 2. The van der Waals surface area contributed by atoms with Crippen LogP contribution in [0, 0.1) is 0 Å². The van der Waals surface area contributed by atoms with Gasteiger partial charge in [0.2, 0.25) is 5.91 Å². The highest BCUT2D eigenvalue weighted by Gasteiger charge is 2.29. The standard InChI is InChI=1S/C21H23N3O2S/c1-26-16-10-8-15(9-11-16)13-22-20(25)14-24-12-4-6-18(24)21-23-17-5-2-3-7-19(17)27-21/h2-3,5,7-11,18H,4,6,12-14H2,1H3,(H,22,25). The molecule has 0 saturated carbocycles. The minimum Gasteiger partial charge on any atom is -0.497 e. The van der Waals surface area contributed by atoms with Crippen LogP contribution in [0.25, 0.3) is 10.2 Å². The Labute approximate surface area is 163 Å². The zero-order chi connectivity index (χ0) is 18.6. The van der Waals surface area contributed by atoms with Crippen LogP contribution >= 0.6 is 11.3 Å². The Bertz CT molecular complexity index is 890. The molecule has 0 bridgehead atoms. The number of fused-ring (bicyclic) bond motifs is 1. The van der Waals surface area contributed by atoms with Gasteiger partial charge in [0.15, 0.2) is 0 Å². The first kappa shape index (κ1) is 17.9. The zero-order valence-corrected chi connectivity index (χ0v) is 16.2. The van der Waals surface area contributed by atoms with Crippen LogP contribution in [0.2, 0.25) is 0 Å². The van der Waals surface area contributed by atoms with Gasteiger partial charge in [-0.3, -0.25) is 9.69 Å². The van der Waals surface area contributed by atoms with E-state index in [4.69, 9.17) is 9.72 Å². The number of methoxy groups -OCH3 is 1. The van der Waals surface area contributed by atoms with E-state index in [1.165, 1.54) is 4.70 Å². The van der Waals surface area contributed by atoms with Gasteiger partial charge in [-0.1, -0.05) is 24.3 Å². The molecule has 0 spiro atoms. The molecule has 3 aromatic rings. The van der Waals surface area contributed by atoms with E-state index in [0.717, 1.165) is 41.2 Å². The van der Waals surface area contributed by atoms with E-state index in [9.17, 15) is 4.79 Å². The number of ether oxygens (including phenoxy) is 1. The van der Waals surface area contributed by atoms with Crippen molar-refractivity contribution in [1.82, 2.24) is 15.2 Å². The highest BCUT2D eigenvalue weighted by Crippen LogP contribution is 2.36. The average Bonchev–Trinajstić information content (AvgIpc) is 3.33. The van der Waals surface area contributed by atoms with E-state index in [2.05, 4.69) is 22.3 Å². The highest BCUT2D eigenvalue weighted by molar-refractivity contribution is 7.18. The molecular formula is C21H23N3O2S. The van der Waals surface area contributed by atoms with Crippen molar-refractivity contribution >= 4 is 27.5 Å². The van der Waals surface area contributed by atoms with Crippen LogP contribution in [0.4, 0.5) is 0 Å². The SMILES string of the molecule is COc1ccc(CNC(=O)CN2CCCC2c2nc3ccccc3s2)cc1. The molecule has 1 N–H and O–H groups in total. The molecule has 27 heavy (non-hydrogen) atoms. The number of nitrogens with one attached hydrogen (secondary N) is 1. The Morgan fingerprint density at radius 3 is 2.85 bits per heavy atom. The van der Waals surface area contributed by atoms with Gasteiger partial charge in [-0.15, -0.1) is 11.3 Å². The molecule has 1 aliphatic rings. The second kappa shape index (κ2) is 8.06. The Hall–Kier alpha value is -2.44. The number of aromatic nitrogens is 1. The molecule has 1 aliphatic heterocycles. The number of hydrogen-bond donors (Lipinski definition) is 1. The van der Waals surface area contributed by atoms with Crippen molar-refractivity contribution in [2.45, 2.75) is 25.4 Å². The van der Waals surface area contributed by atoms with Crippen LogP contribution in [0.5, 0.6) is 5.75 Å². The molecule has 1 amide bonds. The number of carbonyl (C=O) groups is 1. The molecule has 2 heterocycles. The van der Waals surface area contributed by atoms with E-state index >= 15 is 0 Å². The summed E-state index contributed by atoms with van der Waals surface area (Å²) in [6, 6.07) is 16.2. The summed E-state index contributed by atoms with van der Waals surface area (Å²) >= 11 is 1.74. The van der Waals surface area contributed by atoms with Crippen molar-refractivity contribution in [1.29, 1.82) is 0 Å². The summed E-state index contributed by atoms with van der Waals surface area (Å²) in [5, 5.41) is 4.15. The summed E-state index contributed by atoms with van der Waals surface area (Å²) in [5.41, 5.74) is 2.11. The predicted octanol–water partition coefficient (Wildman–Crippen LogP) is 3.76. The number of amides is 1. The fourth-order valence-corrected chi connectivity index (χ4v) is 4.65. The number of rotatable bonds is 6. The molecule has 0 aliphatic carbocycles. The number of benzene rings is 2. The van der Waals surface area contributed by atoms with Crippen LogP contribution in [0.15, 0.2) is 48.5 Å². The lowest BCUT2D eigenvalue weighted by Gasteiger charge is -2.22. The molecule has 0 radical (unpaired) electrons. The van der Waals surface area contributed by atoms with Gasteiger partial charge in [-0.25, -0.2) is 4.98 Å². The first-order chi connectivity index (χ1) is 13.2. The van der Waals surface area contributed by atoms with Crippen molar-refractivity contribution in [3.8, 4) is 5.75 Å². The molecule has 2 aromatic carbocycles. The number of para-hydroxylation sites is 1. The molecule has 6 heteroatoms. The maximum absolute atomic E-state index is 12.4. The smallest absolute Gasteiger partial charge is 0.234 e. The van der Waals surface area contributed by atoms with Crippen LogP contribution in [-0.2, 0) is 11.3 Å². The largest absolute Gasteiger partial charge is 0.497 e. The summed E-state index contributed by atoms with van der Waals surface area (Å²) in [6.07, 6.45) is 2.16. The number of carbonyl (C=O) groups excluding carboxylic acids is 1. The van der Waals surface area contributed by atoms with Gasteiger partial charge in [0.05, 0.1) is 29.9 Å². The van der Waals surface area contributed by atoms with E-state index in [1.54, 1.807) is 18.4 Å². The molecule has 5 nitrogen and oxygen atoms in total. The number of likely N-dealkylation sites (tertiary alicyclic amines) is 1. The first-order valence-electron chi connectivity index (χ1n) is 9.22. The second-order valence-corrected chi connectivity index (χ2v) is 7.84. The van der Waals surface area contributed by atoms with Crippen LogP contribution in [0.3, 0.4) is 0 Å².